The summed E-state index contributed by atoms with van der Waals surface area (Å²) in [6, 6.07) is 16.7. The molecule has 0 aliphatic rings. The first-order chi connectivity index (χ1) is 14.6. The molecule has 3 aromatic rings. The Kier molecular flexibility index (Phi) is 6.88. The third-order valence-electron chi connectivity index (χ3n) is 4.87. The molecule has 7 nitrogen and oxygen atoms in total. The Morgan fingerprint density at radius 1 is 1.10 bits per heavy atom. The zero-order chi connectivity index (χ0) is 22.6. The van der Waals surface area contributed by atoms with Gasteiger partial charge in [-0.3, -0.25) is 10.1 Å². The number of carbonyl (C=O) groups is 1. The molecule has 0 saturated carbocycles. The van der Waals surface area contributed by atoms with E-state index >= 15 is 0 Å². The maximum absolute atomic E-state index is 12.8. The lowest BCUT2D eigenvalue weighted by molar-refractivity contribution is 0.102. The van der Waals surface area contributed by atoms with Crippen molar-refractivity contribution in [2.45, 2.75) is 49.9 Å². The first-order valence-electron chi connectivity index (χ1n) is 9.86. The standard InChI is InChI=1S/C22H26N4O3S2/c1-15-9-8-10-17(13-15)19(27)23-20-24-25-21(30-20)31(28,29)26-16(2)14-22(3,4)18-11-6-5-7-12-18/h5-13,16,26H,14H2,1-4H3,(H,23,24,27)/t16-/m0/s1. The summed E-state index contributed by atoms with van der Waals surface area (Å²) in [7, 11) is -3.86. The molecule has 2 aromatic carbocycles. The van der Waals surface area contributed by atoms with Gasteiger partial charge in [0.1, 0.15) is 0 Å². The largest absolute Gasteiger partial charge is 0.296 e. The molecule has 164 valence electrons. The molecule has 0 aliphatic carbocycles. The van der Waals surface area contributed by atoms with Crippen LogP contribution in [0.5, 0.6) is 0 Å². The van der Waals surface area contributed by atoms with Gasteiger partial charge in [-0.2, -0.15) is 0 Å². The van der Waals surface area contributed by atoms with Crippen molar-refractivity contribution in [3.8, 4) is 0 Å². The second-order valence-corrected chi connectivity index (χ2v) is 11.0. The van der Waals surface area contributed by atoms with Crippen LogP contribution in [0.1, 0.15) is 48.7 Å². The number of rotatable bonds is 8. The van der Waals surface area contributed by atoms with E-state index in [4.69, 9.17) is 0 Å². The highest BCUT2D eigenvalue weighted by atomic mass is 32.2. The topological polar surface area (TPSA) is 101 Å². The quantitative estimate of drug-likeness (QED) is 0.494. The molecule has 2 N–H and O–H groups in total. The van der Waals surface area contributed by atoms with Gasteiger partial charge in [-0.25, -0.2) is 13.1 Å². The second-order valence-electron chi connectivity index (χ2n) is 8.17. The zero-order valence-corrected chi connectivity index (χ0v) is 19.5. The summed E-state index contributed by atoms with van der Waals surface area (Å²) in [5.74, 6) is -0.366. The van der Waals surface area contributed by atoms with E-state index < -0.39 is 10.0 Å². The van der Waals surface area contributed by atoms with E-state index in [-0.39, 0.29) is 26.8 Å². The smallest absolute Gasteiger partial charge is 0.270 e. The highest BCUT2D eigenvalue weighted by Crippen LogP contribution is 2.29. The average molecular weight is 459 g/mol. The van der Waals surface area contributed by atoms with Crippen molar-refractivity contribution in [2.24, 2.45) is 0 Å². The summed E-state index contributed by atoms with van der Waals surface area (Å²) in [6.45, 7) is 7.87. The van der Waals surface area contributed by atoms with Crippen LogP contribution in [0.25, 0.3) is 0 Å². The SMILES string of the molecule is Cc1cccc(C(=O)Nc2nnc(S(=O)(=O)N[C@@H](C)CC(C)(C)c3ccccc3)s2)c1. The number of sulfonamides is 1. The van der Waals surface area contributed by atoms with Crippen LogP contribution in [0.3, 0.4) is 0 Å². The minimum absolute atomic E-state index is 0.129. The van der Waals surface area contributed by atoms with E-state index in [0.29, 0.717) is 12.0 Å². The molecule has 9 heteroatoms. The van der Waals surface area contributed by atoms with E-state index in [1.54, 1.807) is 18.2 Å². The number of hydrogen-bond donors (Lipinski definition) is 2. The number of carbonyl (C=O) groups excluding carboxylic acids is 1. The van der Waals surface area contributed by atoms with Gasteiger partial charge >= 0.3 is 0 Å². The van der Waals surface area contributed by atoms with Crippen molar-refractivity contribution < 1.29 is 13.2 Å². The van der Waals surface area contributed by atoms with Crippen LogP contribution < -0.4 is 10.0 Å². The molecule has 0 aliphatic heterocycles. The van der Waals surface area contributed by atoms with E-state index in [2.05, 4.69) is 34.1 Å². The molecule has 31 heavy (non-hydrogen) atoms. The summed E-state index contributed by atoms with van der Waals surface area (Å²) in [6.07, 6.45) is 0.603. The molecule has 0 bridgehead atoms. The van der Waals surface area contributed by atoms with Gasteiger partial charge in [-0.05, 0) is 43.4 Å². The molecule has 0 unspecified atom stereocenters. The maximum Gasteiger partial charge on any atom is 0.270 e. The van der Waals surface area contributed by atoms with E-state index in [9.17, 15) is 13.2 Å². The number of nitrogens with zero attached hydrogens (tertiary/aromatic N) is 2. The van der Waals surface area contributed by atoms with Gasteiger partial charge in [0.2, 0.25) is 9.47 Å². The Bertz CT molecular complexity index is 1160. The first kappa shape index (κ1) is 23.1. The number of amides is 1. The Morgan fingerprint density at radius 3 is 2.48 bits per heavy atom. The lowest BCUT2D eigenvalue weighted by Crippen LogP contribution is -2.37. The Balaban J connectivity index is 1.66. The summed E-state index contributed by atoms with van der Waals surface area (Å²) < 4.78 is 28.0. The molecule has 0 saturated heterocycles. The molecular weight excluding hydrogens is 432 g/mol. The Morgan fingerprint density at radius 2 is 1.81 bits per heavy atom. The second kappa shape index (κ2) is 9.25. The number of hydrogen-bond acceptors (Lipinski definition) is 6. The molecule has 1 aromatic heterocycles. The molecule has 1 heterocycles. The normalized spacial score (nSPS) is 13.0. The zero-order valence-electron chi connectivity index (χ0n) is 17.9. The minimum Gasteiger partial charge on any atom is -0.296 e. The van der Waals surface area contributed by atoms with Crippen LogP contribution in [-0.4, -0.2) is 30.6 Å². The van der Waals surface area contributed by atoms with Gasteiger partial charge in [0.05, 0.1) is 0 Å². The maximum atomic E-state index is 12.8. The van der Waals surface area contributed by atoms with Crippen molar-refractivity contribution in [1.82, 2.24) is 14.9 Å². The Labute approximate surface area is 187 Å². The van der Waals surface area contributed by atoms with Gasteiger partial charge in [0.15, 0.2) is 0 Å². The molecule has 3 rings (SSSR count). The number of aromatic nitrogens is 2. The fourth-order valence-electron chi connectivity index (χ4n) is 3.45. The highest BCUT2D eigenvalue weighted by Gasteiger charge is 2.28. The molecule has 0 radical (unpaired) electrons. The lowest BCUT2D eigenvalue weighted by atomic mass is 9.79. The molecule has 0 fully saturated rings. The third-order valence-corrected chi connectivity index (χ3v) is 7.66. The van der Waals surface area contributed by atoms with Crippen LogP contribution in [-0.2, 0) is 15.4 Å². The molecular formula is C22H26N4O3S2. The third kappa shape index (κ3) is 5.96. The van der Waals surface area contributed by atoms with Crippen LogP contribution >= 0.6 is 11.3 Å². The molecule has 1 atom stereocenters. The Hall–Kier alpha value is -2.62. The van der Waals surface area contributed by atoms with Crippen molar-refractivity contribution in [3.05, 3.63) is 71.3 Å². The van der Waals surface area contributed by atoms with Crippen LogP contribution in [0.2, 0.25) is 0 Å². The van der Waals surface area contributed by atoms with Gasteiger partial charge in [0.25, 0.3) is 15.9 Å². The van der Waals surface area contributed by atoms with Gasteiger partial charge in [-0.1, -0.05) is 73.2 Å². The summed E-state index contributed by atoms with van der Waals surface area (Å²) in [4.78, 5) is 12.4. The van der Waals surface area contributed by atoms with Crippen molar-refractivity contribution in [3.63, 3.8) is 0 Å². The fourth-order valence-corrected chi connectivity index (χ4v) is 5.61. The average Bonchev–Trinajstić information content (AvgIpc) is 3.17. The van der Waals surface area contributed by atoms with Crippen molar-refractivity contribution in [1.29, 1.82) is 0 Å². The van der Waals surface area contributed by atoms with Gasteiger partial charge in [0, 0.05) is 11.6 Å². The first-order valence-corrected chi connectivity index (χ1v) is 12.2. The van der Waals surface area contributed by atoms with Crippen molar-refractivity contribution >= 4 is 32.4 Å². The minimum atomic E-state index is -3.86. The lowest BCUT2D eigenvalue weighted by Gasteiger charge is -2.28. The summed E-state index contributed by atoms with van der Waals surface area (Å²) >= 11 is 0.819. The van der Waals surface area contributed by atoms with Gasteiger partial charge < -0.3 is 0 Å². The number of aryl methyl sites for hydroxylation is 1. The predicted octanol–water partition coefficient (Wildman–Crippen LogP) is 4.13. The van der Waals surface area contributed by atoms with E-state index in [1.165, 1.54) is 0 Å². The van der Waals surface area contributed by atoms with E-state index in [1.807, 2.05) is 50.2 Å². The number of nitrogens with one attached hydrogen (secondary N) is 2. The van der Waals surface area contributed by atoms with Crippen LogP contribution in [0, 0.1) is 6.92 Å². The fraction of sp³-hybridized carbons (Fsp3) is 0.318. The monoisotopic (exact) mass is 458 g/mol. The van der Waals surface area contributed by atoms with Gasteiger partial charge in [-0.15, -0.1) is 10.2 Å². The summed E-state index contributed by atoms with van der Waals surface area (Å²) in [5, 5.41) is 10.3. The van der Waals surface area contributed by atoms with Crippen molar-refractivity contribution in [2.75, 3.05) is 5.32 Å². The highest BCUT2D eigenvalue weighted by molar-refractivity contribution is 7.91. The van der Waals surface area contributed by atoms with Crippen LogP contribution in [0.15, 0.2) is 58.9 Å². The molecule has 0 spiro atoms. The number of benzene rings is 2. The predicted molar refractivity (Wildman–Crippen MR) is 123 cm³/mol. The number of anilines is 1. The van der Waals surface area contributed by atoms with E-state index in [0.717, 1.165) is 22.5 Å². The summed E-state index contributed by atoms with van der Waals surface area (Å²) in [5.41, 5.74) is 2.34. The van der Waals surface area contributed by atoms with Crippen LogP contribution in [0.4, 0.5) is 5.13 Å². The molecule has 1 amide bonds.